The first kappa shape index (κ1) is 24.8. The van der Waals surface area contributed by atoms with E-state index in [9.17, 15) is 15.3 Å². The summed E-state index contributed by atoms with van der Waals surface area (Å²) in [7, 11) is 0. The van der Waals surface area contributed by atoms with Gasteiger partial charge in [0.25, 0.3) is 5.89 Å². The molecule has 0 aliphatic carbocycles. The number of pyridine rings is 1. The summed E-state index contributed by atoms with van der Waals surface area (Å²) in [4.78, 5) is 11.2. The lowest BCUT2D eigenvalue weighted by Crippen LogP contribution is -2.50. The average molecular weight is 504 g/mol. The molecular formula is C24H30FN5O6. The highest BCUT2D eigenvalue weighted by Gasteiger charge is 2.33. The van der Waals surface area contributed by atoms with Crippen LogP contribution >= 0.6 is 0 Å². The Kier molecular flexibility index (Phi) is 6.55. The van der Waals surface area contributed by atoms with Gasteiger partial charge in [0, 0.05) is 42.7 Å². The summed E-state index contributed by atoms with van der Waals surface area (Å²) in [5, 5.41) is 35.5. The summed E-state index contributed by atoms with van der Waals surface area (Å²) in [6, 6.07) is 3.11. The smallest absolute Gasteiger partial charge is 0.417 e. The van der Waals surface area contributed by atoms with Gasteiger partial charge in [-0.25, -0.2) is 9.37 Å². The van der Waals surface area contributed by atoms with Gasteiger partial charge < -0.3 is 39.5 Å². The number of rotatable bonds is 6. The maximum atomic E-state index is 15.2. The molecule has 3 unspecified atom stereocenters. The molecule has 4 N–H and O–H groups in total. The van der Waals surface area contributed by atoms with Crippen LogP contribution in [0.2, 0.25) is 0 Å². The van der Waals surface area contributed by atoms with Crippen LogP contribution in [0.3, 0.4) is 0 Å². The minimum Gasteiger partial charge on any atom is -0.417 e. The van der Waals surface area contributed by atoms with Gasteiger partial charge in [0.1, 0.15) is 17.1 Å². The van der Waals surface area contributed by atoms with Crippen LogP contribution in [0.25, 0.3) is 22.4 Å². The Balaban J connectivity index is 1.56. The molecular weight excluding hydrogens is 473 g/mol. The van der Waals surface area contributed by atoms with Crippen molar-refractivity contribution in [3.8, 4) is 17.2 Å². The quantitative estimate of drug-likeness (QED) is 0.365. The number of hydrogen-bond donors (Lipinski definition) is 4. The van der Waals surface area contributed by atoms with Crippen LogP contribution in [0.4, 0.5) is 10.2 Å². The van der Waals surface area contributed by atoms with E-state index < -0.39 is 12.0 Å². The number of fused-ring (bicyclic) bond motifs is 1. The first-order valence-electron chi connectivity index (χ1n) is 12.0. The van der Waals surface area contributed by atoms with Gasteiger partial charge >= 0.3 is 6.16 Å². The molecule has 0 bridgehead atoms. The SMILES string of the molecule is Cc1noc(-c2c(N3CCC(NC4CCOC4)CC3C)nc3c(F)cc(OC(O)(O)O)cc3c2C)n1. The second kappa shape index (κ2) is 9.52. The molecule has 5 rings (SSSR count). The Morgan fingerprint density at radius 2 is 1.97 bits per heavy atom. The fourth-order valence-electron chi connectivity index (χ4n) is 5.15. The van der Waals surface area contributed by atoms with E-state index in [1.807, 2.05) is 0 Å². The molecule has 4 heterocycles. The molecule has 3 aromatic rings. The van der Waals surface area contributed by atoms with Crippen LogP contribution in [0.1, 0.15) is 37.6 Å². The topological polar surface area (TPSA) is 146 Å². The Hall–Kier alpha value is -2.90. The van der Waals surface area contributed by atoms with Crippen molar-refractivity contribution in [2.24, 2.45) is 0 Å². The molecule has 2 aliphatic rings. The number of halogens is 1. The average Bonchev–Trinajstić information content (AvgIpc) is 3.45. The molecule has 36 heavy (non-hydrogen) atoms. The number of aryl methyl sites for hydroxylation is 2. The van der Waals surface area contributed by atoms with Gasteiger partial charge in [0.15, 0.2) is 11.6 Å². The van der Waals surface area contributed by atoms with Gasteiger partial charge in [-0.1, -0.05) is 5.16 Å². The molecule has 0 radical (unpaired) electrons. The Labute approximate surface area is 206 Å². The third kappa shape index (κ3) is 5.00. The van der Waals surface area contributed by atoms with Crippen LogP contribution in [0.5, 0.6) is 5.75 Å². The second-order valence-electron chi connectivity index (χ2n) is 9.55. The van der Waals surface area contributed by atoms with Crippen LogP contribution < -0.4 is 15.0 Å². The van der Waals surface area contributed by atoms with Crippen LogP contribution in [0, 0.1) is 19.7 Å². The van der Waals surface area contributed by atoms with Gasteiger partial charge in [0.2, 0.25) is 0 Å². The van der Waals surface area contributed by atoms with Gasteiger partial charge in [0.05, 0.1) is 12.2 Å². The summed E-state index contributed by atoms with van der Waals surface area (Å²) < 4.78 is 30.8. The number of anilines is 1. The first-order valence-corrected chi connectivity index (χ1v) is 12.0. The van der Waals surface area contributed by atoms with E-state index in [0.29, 0.717) is 46.8 Å². The highest BCUT2D eigenvalue weighted by atomic mass is 19.1. The number of nitrogens with one attached hydrogen (secondary N) is 1. The van der Waals surface area contributed by atoms with Crippen LogP contribution in [0.15, 0.2) is 16.7 Å². The zero-order valence-electron chi connectivity index (χ0n) is 20.4. The van der Waals surface area contributed by atoms with Gasteiger partial charge in [-0.15, -0.1) is 0 Å². The monoisotopic (exact) mass is 503 g/mol. The van der Waals surface area contributed by atoms with Crippen molar-refractivity contribution in [1.29, 1.82) is 0 Å². The Morgan fingerprint density at radius 1 is 1.17 bits per heavy atom. The van der Waals surface area contributed by atoms with Crippen molar-refractivity contribution in [3.63, 3.8) is 0 Å². The summed E-state index contributed by atoms with van der Waals surface area (Å²) in [6.07, 6.45) is -0.691. The molecule has 194 valence electrons. The standard InChI is InChI=1S/C24H30FN5O6/c1-12-8-15(27-16-5-7-34-11-16)4-6-30(12)22-20(23-26-14(3)29-36-23)13(2)18-9-17(35-24(31,32)33)10-19(25)21(18)28-22/h9-10,12,15-16,27,31-33H,4-8,11H2,1-3H3. The van der Waals surface area contributed by atoms with Gasteiger partial charge in [-0.05, 0) is 51.7 Å². The lowest BCUT2D eigenvalue weighted by molar-refractivity contribution is -0.419. The predicted octanol–water partition coefficient (Wildman–Crippen LogP) is 1.74. The lowest BCUT2D eigenvalue weighted by atomic mass is 9.95. The molecule has 1 aromatic carbocycles. The van der Waals surface area contributed by atoms with Crippen molar-refractivity contribution >= 4 is 16.7 Å². The van der Waals surface area contributed by atoms with Crippen molar-refractivity contribution < 1.29 is 33.7 Å². The van der Waals surface area contributed by atoms with Gasteiger partial charge in [-0.3, -0.25) is 0 Å². The van der Waals surface area contributed by atoms with E-state index in [2.05, 4.69) is 32.0 Å². The van der Waals surface area contributed by atoms with Gasteiger partial charge in [-0.2, -0.15) is 4.98 Å². The maximum absolute atomic E-state index is 15.2. The number of benzene rings is 1. The molecule has 3 atom stereocenters. The predicted molar refractivity (Wildman–Crippen MR) is 127 cm³/mol. The third-order valence-corrected chi connectivity index (χ3v) is 6.80. The maximum Gasteiger partial charge on any atom is 0.453 e. The minimum atomic E-state index is -3.45. The Morgan fingerprint density at radius 3 is 2.61 bits per heavy atom. The van der Waals surface area contributed by atoms with E-state index in [-0.39, 0.29) is 23.2 Å². The first-order chi connectivity index (χ1) is 17.1. The number of aromatic nitrogens is 3. The molecule has 2 aromatic heterocycles. The van der Waals surface area contributed by atoms with E-state index >= 15 is 4.39 Å². The number of piperidine rings is 1. The van der Waals surface area contributed by atoms with E-state index in [0.717, 1.165) is 38.5 Å². The highest BCUT2D eigenvalue weighted by Crippen LogP contribution is 2.40. The van der Waals surface area contributed by atoms with Crippen LogP contribution in [-0.4, -0.2) is 74.5 Å². The number of ether oxygens (including phenoxy) is 2. The van der Waals surface area contributed by atoms with Crippen molar-refractivity contribution in [2.75, 3.05) is 24.7 Å². The molecule has 2 aliphatic heterocycles. The number of aliphatic hydroxyl groups is 3. The molecule has 0 saturated carbocycles. The molecule has 2 saturated heterocycles. The van der Waals surface area contributed by atoms with Crippen molar-refractivity contribution in [1.82, 2.24) is 20.4 Å². The molecule has 12 heteroatoms. The fourth-order valence-corrected chi connectivity index (χ4v) is 5.15. The molecule has 11 nitrogen and oxygen atoms in total. The highest BCUT2D eigenvalue weighted by molar-refractivity contribution is 5.93. The third-order valence-electron chi connectivity index (χ3n) is 6.80. The van der Waals surface area contributed by atoms with E-state index in [1.165, 1.54) is 6.07 Å². The van der Waals surface area contributed by atoms with Crippen molar-refractivity contribution in [2.45, 2.75) is 64.3 Å². The number of nitrogens with zero attached hydrogens (tertiary/aromatic N) is 4. The van der Waals surface area contributed by atoms with Crippen LogP contribution in [-0.2, 0) is 4.74 Å². The Bertz CT molecular complexity index is 1260. The zero-order valence-corrected chi connectivity index (χ0v) is 20.4. The normalized spacial score (nSPS) is 23.0. The van der Waals surface area contributed by atoms with Crippen molar-refractivity contribution in [3.05, 3.63) is 29.3 Å². The summed E-state index contributed by atoms with van der Waals surface area (Å²) >= 11 is 0. The molecule has 0 amide bonds. The second-order valence-corrected chi connectivity index (χ2v) is 9.55. The van der Waals surface area contributed by atoms with E-state index in [1.54, 1.807) is 13.8 Å². The zero-order chi connectivity index (χ0) is 25.6. The minimum absolute atomic E-state index is 0.0739. The largest absolute Gasteiger partial charge is 0.453 e. The lowest BCUT2D eigenvalue weighted by Gasteiger charge is -2.40. The molecule has 2 fully saturated rings. The summed E-state index contributed by atoms with van der Waals surface area (Å²) in [5.74, 6) is 0.201. The molecule has 0 spiro atoms. The van der Waals surface area contributed by atoms with E-state index in [4.69, 9.17) is 14.2 Å². The fraction of sp³-hybridized carbons (Fsp3) is 0.542. The summed E-state index contributed by atoms with van der Waals surface area (Å²) in [6.45, 7) is 7.80. The number of hydrogen-bond acceptors (Lipinski definition) is 11. The summed E-state index contributed by atoms with van der Waals surface area (Å²) in [5.41, 5.74) is 1.23.